The molecular weight excluding hydrogens is 444 g/mol. The van der Waals surface area contributed by atoms with Crippen molar-refractivity contribution in [3.63, 3.8) is 0 Å². The number of hydrogen-bond acceptors (Lipinski definition) is 12. The maximum absolute atomic E-state index is 10.3. The van der Waals surface area contributed by atoms with Gasteiger partial charge in [-0.25, -0.2) is 0 Å². The fourth-order valence-corrected chi connectivity index (χ4v) is 4.64. The summed E-state index contributed by atoms with van der Waals surface area (Å²) >= 11 is 0. The molecule has 5 heterocycles. The summed E-state index contributed by atoms with van der Waals surface area (Å²) in [7, 11) is 0. The average Bonchev–Trinajstić information content (AvgIpc) is 3.45. The first-order chi connectivity index (χ1) is 15.2. The first-order valence-corrected chi connectivity index (χ1v) is 11.2. The molecule has 5 saturated heterocycles. The molecule has 10 atom stereocenters. The largest absolute Gasteiger partial charge is 0.394 e. The van der Waals surface area contributed by atoms with Gasteiger partial charge in [-0.15, -0.1) is 0 Å². The number of aliphatic hydroxyl groups is 4. The summed E-state index contributed by atoms with van der Waals surface area (Å²) in [4.78, 5) is 0. The van der Waals surface area contributed by atoms with Gasteiger partial charge in [0.05, 0.1) is 13.2 Å². The Morgan fingerprint density at radius 1 is 0.727 bits per heavy atom. The van der Waals surface area contributed by atoms with E-state index in [1.165, 1.54) is 0 Å². The molecule has 0 spiro atoms. The van der Waals surface area contributed by atoms with Gasteiger partial charge in [0.15, 0.2) is 29.9 Å². The minimum atomic E-state index is -1.12. The lowest BCUT2D eigenvalue weighted by atomic mass is 10.1. The summed E-state index contributed by atoms with van der Waals surface area (Å²) in [5, 5.41) is 38.2. The maximum Gasteiger partial charge on any atom is 0.190 e. The molecule has 0 saturated carbocycles. The Labute approximate surface area is 192 Å². The SMILES string of the molecule is CC1(C)OC2[C@H](O[C@H]([C@H](O)CO)[C@@H]2O)O1.CC1(C)OC2[C@H](O[C@H]([C@H]3COC(C)(C)O3)[C@@H]2O)O1. The van der Waals surface area contributed by atoms with Gasteiger partial charge in [-0.05, 0) is 41.5 Å². The molecule has 12 nitrogen and oxygen atoms in total. The number of ether oxygens (including phenoxy) is 8. The van der Waals surface area contributed by atoms with Gasteiger partial charge >= 0.3 is 0 Å². The molecule has 0 amide bonds. The molecule has 2 unspecified atom stereocenters. The van der Waals surface area contributed by atoms with Crippen LogP contribution in [-0.4, -0.2) is 112 Å². The Kier molecular flexibility index (Phi) is 6.89. The van der Waals surface area contributed by atoms with Crippen LogP contribution >= 0.6 is 0 Å². The van der Waals surface area contributed by atoms with Crippen LogP contribution in [0.5, 0.6) is 0 Å². The number of aliphatic hydroxyl groups excluding tert-OH is 4. The summed E-state index contributed by atoms with van der Waals surface area (Å²) in [6.07, 6.45) is -6.79. The average molecular weight is 481 g/mol. The number of rotatable bonds is 3. The van der Waals surface area contributed by atoms with Crippen molar-refractivity contribution < 1.29 is 58.3 Å². The molecule has 5 fully saturated rings. The van der Waals surface area contributed by atoms with Gasteiger partial charge in [0.1, 0.15) is 48.8 Å². The standard InChI is InChI=1S/C12H20O6.C9H16O6/c1-11(2)14-5-6(16-11)8-7(13)9-10(15-8)18-12(3,4)17-9;1-9(2)14-7-5(12)6(4(11)3-10)13-8(7)15-9/h6-10,13H,5H2,1-4H3;4-8,10-12H,3H2,1-2H3/t6-,7+,8-,9?,10-;4-,5+,6-,7?,8-/m11/s1. The number of fused-ring (bicyclic) bond motifs is 2. The van der Waals surface area contributed by atoms with Crippen LogP contribution in [0, 0.1) is 0 Å². The lowest BCUT2D eigenvalue weighted by Crippen LogP contribution is -2.42. The van der Waals surface area contributed by atoms with Crippen molar-refractivity contribution in [2.24, 2.45) is 0 Å². The summed E-state index contributed by atoms with van der Waals surface area (Å²) < 4.78 is 44.2. The van der Waals surface area contributed by atoms with Crippen LogP contribution in [0.15, 0.2) is 0 Å². The summed E-state index contributed by atoms with van der Waals surface area (Å²) in [6.45, 7) is 10.7. The topological polar surface area (TPSA) is 155 Å². The van der Waals surface area contributed by atoms with E-state index in [0.29, 0.717) is 6.61 Å². The first kappa shape index (κ1) is 25.6. The first-order valence-electron chi connectivity index (χ1n) is 11.2. The van der Waals surface area contributed by atoms with Gasteiger partial charge in [0, 0.05) is 0 Å². The molecule has 4 N–H and O–H groups in total. The Bertz CT molecular complexity index is 699. The Balaban J connectivity index is 0.000000160. The van der Waals surface area contributed by atoms with Gasteiger partial charge in [0.25, 0.3) is 0 Å². The third-order valence-corrected chi connectivity index (χ3v) is 6.07. The zero-order chi connectivity index (χ0) is 24.3. The van der Waals surface area contributed by atoms with Crippen molar-refractivity contribution in [3.05, 3.63) is 0 Å². The van der Waals surface area contributed by atoms with E-state index in [1.807, 2.05) is 13.8 Å². The monoisotopic (exact) mass is 480 g/mol. The quantitative estimate of drug-likeness (QED) is 0.390. The molecule has 192 valence electrons. The second-order valence-corrected chi connectivity index (χ2v) is 10.2. The van der Waals surface area contributed by atoms with Crippen LogP contribution in [0.3, 0.4) is 0 Å². The fraction of sp³-hybridized carbons (Fsp3) is 1.00. The van der Waals surface area contributed by atoms with Crippen molar-refractivity contribution in [2.75, 3.05) is 13.2 Å². The predicted molar refractivity (Wildman–Crippen MR) is 107 cm³/mol. The zero-order valence-corrected chi connectivity index (χ0v) is 19.7. The van der Waals surface area contributed by atoms with E-state index in [-0.39, 0.29) is 6.10 Å². The van der Waals surface area contributed by atoms with Gasteiger partial charge in [0.2, 0.25) is 0 Å². The smallest absolute Gasteiger partial charge is 0.190 e. The molecule has 5 aliphatic rings. The van der Waals surface area contributed by atoms with Crippen LogP contribution in [0.4, 0.5) is 0 Å². The molecule has 0 aromatic carbocycles. The van der Waals surface area contributed by atoms with Gasteiger partial charge in [-0.1, -0.05) is 0 Å². The second-order valence-electron chi connectivity index (χ2n) is 10.2. The lowest BCUT2D eigenvalue weighted by Gasteiger charge is -2.26. The maximum atomic E-state index is 10.3. The highest BCUT2D eigenvalue weighted by Gasteiger charge is 2.58. The van der Waals surface area contributed by atoms with Crippen molar-refractivity contribution in [1.29, 1.82) is 0 Å². The third-order valence-electron chi connectivity index (χ3n) is 6.07. The highest BCUT2D eigenvalue weighted by molar-refractivity contribution is 4.98. The molecule has 0 aliphatic carbocycles. The highest BCUT2D eigenvalue weighted by atomic mass is 16.9. The van der Waals surface area contributed by atoms with E-state index in [2.05, 4.69) is 0 Å². The lowest BCUT2D eigenvalue weighted by molar-refractivity contribution is -0.232. The Morgan fingerprint density at radius 3 is 1.73 bits per heavy atom. The minimum Gasteiger partial charge on any atom is -0.394 e. The van der Waals surface area contributed by atoms with Crippen molar-refractivity contribution in [1.82, 2.24) is 0 Å². The Morgan fingerprint density at radius 2 is 1.27 bits per heavy atom. The molecular formula is C21H36O12. The van der Waals surface area contributed by atoms with E-state index < -0.39 is 79.3 Å². The molecule has 0 radical (unpaired) electrons. The summed E-state index contributed by atoms with van der Waals surface area (Å²) in [5.74, 6) is -2.13. The molecule has 5 aliphatic heterocycles. The second kappa shape index (κ2) is 8.87. The van der Waals surface area contributed by atoms with Crippen molar-refractivity contribution >= 4 is 0 Å². The predicted octanol–water partition coefficient (Wildman–Crippen LogP) is -1.05. The van der Waals surface area contributed by atoms with Gasteiger partial charge in [-0.3, -0.25) is 0 Å². The highest BCUT2D eigenvalue weighted by Crippen LogP contribution is 2.41. The van der Waals surface area contributed by atoms with Crippen LogP contribution in [-0.2, 0) is 37.9 Å². The molecule has 0 bridgehead atoms. The minimum absolute atomic E-state index is 0.295. The normalized spacial score (nSPS) is 47.6. The van der Waals surface area contributed by atoms with Gasteiger partial charge in [-0.2, -0.15) is 0 Å². The van der Waals surface area contributed by atoms with Crippen LogP contribution < -0.4 is 0 Å². The van der Waals surface area contributed by atoms with Crippen LogP contribution in [0.25, 0.3) is 0 Å². The van der Waals surface area contributed by atoms with Crippen LogP contribution in [0.2, 0.25) is 0 Å². The van der Waals surface area contributed by atoms with Crippen molar-refractivity contribution in [2.45, 2.75) is 120 Å². The third kappa shape index (κ3) is 5.22. The van der Waals surface area contributed by atoms with E-state index >= 15 is 0 Å². The van der Waals surface area contributed by atoms with E-state index in [9.17, 15) is 15.3 Å². The summed E-state index contributed by atoms with van der Waals surface area (Å²) in [6, 6.07) is 0. The Hall–Kier alpha value is -0.480. The molecule has 0 aromatic rings. The zero-order valence-electron chi connectivity index (χ0n) is 19.7. The van der Waals surface area contributed by atoms with E-state index in [0.717, 1.165) is 0 Å². The van der Waals surface area contributed by atoms with E-state index in [1.54, 1.807) is 27.7 Å². The number of hydrogen-bond donors (Lipinski definition) is 4. The van der Waals surface area contributed by atoms with Crippen molar-refractivity contribution in [3.8, 4) is 0 Å². The molecule has 5 rings (SSSR count). The van der Waals surface area contributed by atoms with Crippen LogP contribution in [0.1, 0.15) is 41.5 Å². The molecule has 12 heteroatoms. The molecule has 33 heavy (non-hydrogen) atoms. The fourth-order valence-electron chi connectivity index (χ4n) is 4.64. The summed E-state index contributed by atoms with van der Waals surface area (Å²) in [5.41, 5.74) is 0. The van der Waals surface area contributed by atoms with Gasteiger partial charge < -0.3 is 58.3 Å². The van der Waals surface area contributed by atoms with E-state index in [4.69, 9.17) is 43.0 Å². The molecule has 0 aromatic heterocycles.